The molecule has 1 aliphatic carbocycles. The number of fused-ring (bicyclic) bond motifs is 1. The van der Waals surface area contributed by atoms with E-state index >= 15 is 0 Å². The number of benzene rings is 2. The minimum Gasteiger partial charge on any atom is -0.494 e. The van der Waals surface area contributed by atoms with Gasteiger partial charge in [-0.3, -0.25) is 9.97 Å². The van der Waals surface area contributed by atoms with Crippen molar-refractivity contribution < 1.29 is 4.74 Å². The van der Waals surface area contributed by atoms with Crippen LogP contribution in [0.2, 0.25) is 0 Å². The molecule has 0 atom stereocenters. The summed E-state index contributed by atoms with van der Waals surface area (Å²) in [5, 5.41) is 7.01. The maximum Gasteiger partial charge on any atom is 0.229 e. The fourth-order valence-corrected chi connectivity index (χ4v) is 7.09. The average molecular weight is 679 g/mol. The molecule has 2 aromatic heterocycles. The van der Waals surface area contributed by atoms with Crippen molar-refractivity contribution in [3.05, 3.63) is 52.9 Å². The summed E-state index contributed by atoms with van der Waals surface area (Å²) in [6.07, 6.45) is 12.9. The van der Waals surface area contributed by atoms with Crippen molar-refractivity contribution in [2.24, 2.45) is 0 Å². The minimum absolute atomic E-state index is 0.474. The quantitative estimate of drug-likeness (QED) is 0.160. The lowest BCUT2D eigenvalue weighted by atomic mass is 10.0. The van der Waals surface area contributed by atoms with E-state index in [4.69, 9.17) is 14.7 Å². The molecule has 2 aliphatic rings. The molecule has 4 aromatic rings. The fourth-order valence-electron chi connectivity index (χ4n) is 5.92. The maximum absolute atomic E-state index is 5.88. The Balaban J connectivity index is 1.29. The molecule has 232 valence electrons. The van der Waals surface area contributed by atoms with Crippen molar-refractivity contribution in [3.8, 4) is 5.75 Å². The van der Waals surface area contributed by atoms with Gasteiger partial charge in [0.15, 0.2) is 0 Å². The van der Waals surface area contributed by atoms with E-state index in [0.29, 0.717) is 23.8 Å². The molecule has 6 rings (SSSR count). The van der Waals surface area contributed by atoms with Gasteiger partial charge in [-0.25, -0.2) is 4.98 Å². The van der Waals surface area contributed by atoms with Crippen LogP contribution in [0.5, 0.6) is 5.75 Å². The second kappa shape index (κ2) is 13.3. The van der Waals surface area contributed by atoms with E-state index < -0.39 is 0 Å². The van der Waals surface area contributed by atoms with Gasteiger partial charge in [0.1, 0.15) is 17.1 Å². The average Bonchev–Trinajstić information content (AvgIpc) is 3.89. The Kier molecular flexibility index (Phi) is 9.29. The molecule has 2 aromatic carbocycles. The predicted octanol–water partition coefficient (Wildman–Crippen LogP) is 7.02. The molecular weight excluding hydrogens is 638 g/mol. The number of aryl methyl sites for hydroxylation is 1. The van der Waals surface area contributed by atoms with E-state index in [9.17, 15) is 0 Å². The fraction of sp³-hybridized carbons (Fsp3) is 0.438. The van der Waals surface area contributed by atoms with Crippen LogP contribution in [0.1, 0.15) is 38.2 Å². The number of hydrogen-bond donors (Lipinski definition) is 2. The lowest BCUT2D eigenvalue weighted by Crippen LogP contribution is -2.42. The van der Waals surface area contributed by atoms with Crippen LogP contribution in [0.3, 0.4) is 0 Å². The third-order valence-electron chi connectivity index (χ3n) is 8.47. The van der Waals surface area contributed by atoms with Crippen molar-refractivity contribution in [1.82, 2.24) is 24.8 Å². The van der Waals surface area contributed by atoms with Gasteiger partial charge in [-0.15, -0.1) is 0 Å². The van der Waals surface area contributed by atoms with Crippen LogP contribution >= 0.6 is 27.9 Å². The molecule has 2 fully saturated rings. The molecule has 44 heavy (non-hydrogen) atoms. The number of nitrogens with zero attached hydrogens (tertiary/aromatic N) is 7. The van der Waals surface area contributed by atoms with Crippen LogP contribution in [-0.2, 0) is 6.42 Å². The Morgan fingerprint density at radius 1 is 1.00 bits per heavy atom. The first-order valence-corrected chi connectivity index (χ1v) is 17.1. The molecule has 2 N–H and O–H groups in total. The normalized spacial score (nSPS) is 15.6. The first-order chi connectivity index (χ1) is 21.4. The van der Waals surface area contributed by atoms with Gasteiger partial charge in [0, 0.05) is 61.8 Å². The summed E-state index contributed by atoms with van der Waals surface area (Å²) < 4.78 is 8.98. The van der Waals surface area contributed by atoms with E-state index in [-0.39, 0.29) is 0 Å². The molecule has 1 aliphatic heterocycles. The Bertz CT molecular complexity index is 1630. The number of hydrogen-bond acceptors (Lipinski definition) is 11. The number of methoxy groups -OCH3 is 1. The van der Waals surface area contributed by atoms with Gasteiger partial charge in [0.25, 0.3) is 0 Å². The van der Waals surface area contributed by atoms with Gasteiger partial charge >= 0.3 is 0 Å². The lowest BCUT2D eigenvalue weighted by molar-refractivity contribution is 0.249. The van der Waals surface area contributed by atoms with E-state index in [1.165, 1.54) is 11.3 Å². The first-order valence-electron chi connectivity index (χ1n) is 15.2. The van der Waals surface area contributed by atoms with Gasteiger partial charge in [0.05, 0.1) is 34.2 Å². The van der Waals surface area contributed by atoms with Crippen molar-refractivity contribution in [1.29, 1.82) is 0 Å². The molecular formula is C32H40BrN9OS. The number of nitrogens with one attached hydrogen (secondary N) is 2. The van der Waals surface area contributed by atoms with Gasteiger partial charge in [-0.1, -0.05) is 18.9 Å². The van der Waals surface area contributed by atoms with Crippen LogP contribution in [0.15, 0.2) is 47.3 Å². The summed E-state index contributed by atoms with van der Waals surface area (Å²) in [6.45, 7) is 4.27. The van der Waals surface area contributed by atoms with Crippen molar-refractivity contribution in [2.75, 3.05) is 60.4 Å². The SMILES string of the molecule is CCc1cc(Nc2ncc(Br)c(Nc3ccc4nccnc4c3N(SC)C3CC3)n2)c(OC)cc1N1CCC(N(C)C)CC1. The van der Waals surface area contributed by atoms with E-state index in [1.807, 2.05) is 6.07 Å². The van der Waals surface area contributed by atoms with Crippen LogP contribution < -0.4 is 24.6 Å². The topological polar surface area (TPSA) is 94.6 Å². The first kappa shape index (κ1) is 30.7. The Hall–Kier alpha value is -3.35. The Labute approximate surface area is 272 Å². The zero-order chi connectivity index (χ0) is 30.8. The van der Waals surface area contributed by atoms with Gasteiger partial charge < -0.3 is 29.5 Å². The van der Waals surface area contributed by atoms with Crippen LogP contribution in [0.4, 0.5) is 34.5 Å². The second-order valence-corrected chi connectivity index (χ2v) is 13.1. The summed E-state index contributed by atoms with van der Waals surface area (Å²) >= 11 is 5.38. The number of rotatable bonds is 11. The van der Waals surface area contributed by atoms with Crippen LogP contribution in [0, 0.1) is 0 Å². The van der Waals surface area contributed by atoms with Crippen molar-refractivity contribution in [2.45, 2.75) is 51.1 Å². The maximum atomic E-state index is 5.88. The number of aromatic nitrogens is 4. The summed E-state index contributed by atoms with van der Waals surface area (Å²) in [4.78, 5) is 23.6. The standard InChI is InChI=1S/C32H40BrN9OS/c1-6-20-17-26(28(43-4)18-27(20)41-15-11-21(12-16-41)40(2)3)38-32-36-19-23(33)31(39-32)37-25-10-9-24-29(35-14-13-34-24)30(25)42(44-5)22-7-8-22/h9-10,13-14,17-19,21-22H,6-8,11-12,15-16H2,1-5H3,(H2,36,37,38,39). The van der Waals surface area contributed by atoms with E-state index in [2.05, 4.69) is 96.1 Å². The lowest BCUT2D eigenvalue weighted by Gasteiger charge is -2.37. The minimum atomic E-state index is 0.474. The smallest absolute Gasteiger partial charge is 0.229 e. The molecule has 1 saturated heterocycles. The number of halogens is 1. The molecule has 0 unspecified atom stereocenters. The Morgan fingerprint density at radius 2 is 1.77 bits per heavy atom. The van der Waals surface area contributed by atoms with E-state index in [1.54, 1.807) is 37.6 Å². The highest BCUT2D eigenvalue weighted by molar-refractivity contribution is 9.10. The number of anilines is 6. The molecule has 10 nitrogen and oxygen atoms in total. The molecule has 1 saturated carbocycles. The Morgan fingerprint density at radius 3 is 2.45 bits per heavy atom. The van der Waals surface area contributed by atoms with Gasteiger partial charge in [-0.05, 0) is 85.9 Å². The molecule has 3 heterocycles. The zero-order valence-corrected chi connectivity index (χ0v) is 28.4. The zero-order valence-electron chi connectivity index (χ0n) is 26.0. The number of piperidine rings is 1. The second-order valence-electron chi connectivity index (χ2n) is 11.5. The molecule has 0 radical (unpaired) electrons. The summed E-state index contributed by atoms with van der Waals surface area (Å²) in [5.41, 5.74) is 7.01. The van der Waals surface area contributed by atoms with Gasteiger partial charge in [0.2, 0.25) is 5.95 Å². The molecule has 12 heteroatoms. The highest BCUT2D eigenvalue weighted by Gasteiger charge is 2.32. The van der Waals surface area contributed by atoms with Crippen LogP contribution in [-0.4, -0.2) is 77.5 Å². The highest BCUT2D eigenvalue weighted by Crippen LogP contribution is 2.44. The third-order valence-corrected chi connectivity index (χ3v) is 9.92. The summed E-state index contributed by atoms with van der Waals surface area (Å²) in [5.74, 6) is 1.89. The third kappa shape index (κ3) is 6.38. The van der Waals surface area contributed by atoms with Crippen LogP contribution in [0.25, 0.3) is 11.0 Å². The van der Waals surface area contributed by atoms with E-state index in [0.717, 1.165) is 83.5 Å². The highest BCUT2D eigenvalue weighted by atomic mass is 79.9. The molecule has 0 bridgehead atoms. The van der Waals surface area contributed by atoms with Crippen molar-refractivity contribution in [3.63, 3.8) is 0 Å². The largest absolute Gasteiger partial charge is 0.494 e. The monoisotopic (exact) mass is 677 g/mol. The molecule has 0 amide bonds. The predicted molar refractivity (Wildman–Crippen MR) is 186 cm³/mol. The van der Waals surface area contributed by atoms with Gasteiger partial charge in [-0.2, -0.15) is 4.98 Å². The molecule has 0 spiro atoms. The summed E-state index contributed by atoms with van der Waals surface area (Å²) in [6, 6.07) is 9.49. The van der Waals surface area contributed by atoms with Crippen molar-refractivity contribution >= 4 is 73.4 Å². The number of ether oxygens (including phenoxy) is 1. The summed E-state index contributed by atoms with van der Waals surface area (Å²) in [7, 11) is 6.06.